The standard InChI is InChI=1S/C21H24ClF3N2O3S/c1-14(19(28)26-20(2,3)13-15-8-6-5-7-9-15)27(31(4,29)30)16-10-11-18(22)17(12-16)21(23,24)25/h5-12,14H,13H2,1-4H3,(H,26,28)/t14-/m0/s1. The van der Waals surface area contributed by atoms with Crippen molar-refractivity contribution in [1.29, 1.82) is 0 Å². The highest BCUT2D eigenvalue weighted by Gasteiger charge is 2.37. The van der Waals surface area contributed by atoms with Crippen molar-refractivity contribution >= 4 is 33.2 Å². The van der Waals surface area contributed by atoms with Crippen molar-refractivity contribution in [2.75, 3.05) is 10.6 Å². The number of sulfonamides is 1. The largest absolute Gasteiger partial charge is 0.417 e. The fourth-order valence-corrected chi connectivity index (χ4v) is 4.66. The summed E-state index contributed by atoms with van der Waals surface area (Å²) in [5.74, 6) is -0.644. The van der Waals surface area contributed by atoms with E-state index in [0.29, 0.717) is 16.8 Å². The molecule has 0 aliphatic rings. The fourth-order valence-electron chi connectivity index (χ4n) is 3.26. The number of hydrogen-bond donors (Lipinski definition) is 1. The second-order valence-electron chi connectivity index (χ2n) is 7.93. The summed E-state index contributed by atoms with van der Waals surface area (Å²) in [5, 5.41) is 2.23. The molecule has 170 valence electrons. The molecule has 0 saturated carbocycles. The fraction of sp³-hybridized carbons (Fsp3) is 0.381. The molecule has 10 heteroatoms. The van der Waals surface area contributed by atoms with Crippen molar-refractivity contribution < 1.29 is 26.4 Å². The summed E-state index contributed by atoms with van der Waals surface area (Å²) >= 11 is 5.64. The lowest BCUT2D eigenvalue weighted by molar-refractivity contribution is -0.137. The molecule has 0 aliphatic heterocycles. The molecule has 0 spiro atoms. The summed E-state index contributed by atoms with van der Waals surface area (Å²) in [6, 6.07) is 10.8. The molecule has 31 heavy (non-hydrogen) atoms. The predicted octanol–water partition coefficient (Wildman–Crippen LogP) is 4.65. The quantitative estimate of drug-likeness (QED) is 0.632. The van der Waals surface area contributed by atoms with E-state index in [1.807, 2.05) is 30.3 Å². The van der Waals surface area contributed by atoms with Gasteiger partial charge in [-0.2, -0.15) is 13.2 Å². The number of carbonyl (C=O) groups is 1. The Morgan fingerprint density at radius 2 is 1.71 bits per heavy atom. The van der Waals surface area contributed by atoms with Crippen LogP contribution in [0.15, 0.2) is 48.5 Å². The number of benzene rings is 2. The summed E-state index contributed by atoms with van der Waals surface area (Å²) in [6.45, 7) is 4.87. The minimum atomic E-state index is -4.78. The number of nitrogens with zero attached hydrogens (tertiary/aromatic N) is 1. The first-order valence-corrected chi connectivity index (χ1v) is 11.6. The van der Waals surface area contributed by atoms with Crippen LogP contribution in [-0.2, 0) is 27.4 Å². The molecule has 0 aliphatic carbocycles. The smallest absolute Gasteiger partial charge is 0.349 e. The number of hydrogen-bond acceptors (Lipinski definition) is 3. The number of nitrogens with one attached hydrogen (secondary N) is 1. The van der Waals surface area contributed by atoms with E-state index in [1.54, 1.807) is 13.8 Å². The summed E-state index contributed by atoms with van der Waals surface area (Å²) in [5.41, 5.74) is -1.25. The van der Waals surface area contributed by atoms with Crippen molar-refractivity contribution in [2.24, 2.45) is 0 Å². The lowest BCUT2D eigenvalue weighted by atomic mass is 9.94. The van der Waals surface area contributed by atoms with Crippen LogP contribution >= 0.6 is 11.6 Å². The Morgan fingerprint density at radius 1 is 1.13 bits per heavy atom. The van der Waals surface area contributed by atoms with Gasteiger partial charge in [-0.3, -0.25) is 9.10 Å². The molecular weight excluding hydrogens is 453 g/mol. The van der Waals surface area contributed by atoms with Gasteiger partial charge in [-0.15, -0.1) is 0 Å². The van der Waals surface area contributed by atoms with Crippen LogP contribution in [0.1, 0.15) is 31.9 Å². The summed E-state index contributed by atoms with van der Waals surface area (Å²) in [6.07, 6.45) is -3.47. The van der Waals surface area contributed by atoms with E-state index in [0.717, 1.165) is 24.0 Å². The zero-order valence-electron chi connectivity index (χ0n) is 17.5. The molecule has 0 bridgehead atoms. The summed E-state index contributed by atoms with van der Waals surface area (Å²) in [7, 11) is -4.09. The molecule has 1 amide bonds. The van der Waals surface area contributed by atoms with Gasteiger partial charge in [-0.25, -0.2) is 8.42 Å². The van der Waals surface area contributed by atoms with Gasteiger partial charge in [0, 0.05) is 5.54 Å². The van der Waals surface area contributed by atoms with Crippen LogP contribution in [0.2, 0.25) is 5.02 Å². The van der Waals surface area contributed by atoms with Crippen LogP contribution in [0, 0.1) is 0 Å². The van der Waals surface area contributed by atoms with Gasteiger partial charge in [0.05, 0.1) is 22.5 Å². The van der Waals surface area contributed by atoms with Crippen molar-refractivity contribution in [2.45, 2.75) is 44.9 Å². The Bertz CT molecular complexity index is 1040. The van der Waals surface area contributed by atoms with E-state index >= 15 is 0 Å². The van der Waals surface area contributed by atoms with Crippen molar-refractivity contribution in [3.05, 3.63) is 64.7 Å². The summed E-state index contributed by atoms with van der Waals surface area (Å²) < 4.78 is 65.2. The summed E-state index contributed by atoms with van der Waals surface area (Å²) in [4.78, 5) is 12.9. The van der Waals surface area contributed by atoms with Gasteiger partial charge >= 0.3 is 6.18 Å². The molecule has 0 fully saturated rings. The average Bonchev–Trinajstić information content (AvgIpc) is 2.61. The molecule has 0 saturated heterocycles. The van der Waals surface area contributed by atoms with Crippen LogP contribution in [-0.4, -0.2) is 32.2 Å². The molecular formula is C21H24ClF3N2O3S. The van der Waals surface area contributed by atoms with Gasteiger partial charge < -0.3 is 5.32 Å². The van der Waals surface area contributed by atoms with Crippen LogP contribution in [0.5, 0.6) is 0 Å². The normalized spacial score (nSPS) is 13.5. The number of amides is 1. The van der Waals surface area contributed by atoms with E-state index in [-0.39, 0.29) is 5.69 Å². The third kappa shape index (κ3) is 6.61. The number of rotatable bonds is 7. The maximum absolute atomic E-state index is 13.2. The van der Waals surface area contributed by atoms with Crippen LogP contribution in [0.3, 0.4) is 0 Å². The molecule has 0 radical (unpaired) electrons. The van der Waals surface area contributed by atoms with Crippen LogP contribution in [0.4, 0.5) is 18.9 Å². The van der Waals surface area contributed by atoms with E-state index in [4.69, 9.17) is 11.6 Å². The molecule has 1 N–H and O–H groups in total. The number of anilines is 1. The molecule has 2 aromatic rings. The monoisotopic (exact) mass is 476 g/mol. The lowest BCUT2D eigenvalue weighted by Gasteiger charge is -2.33. The maximum atomic E-state index is 13.2. The Hall–Kier alpha value is -2.26. The number of halogens is 4. The van der Waals surface area contributed by atoms with E-state index < -0.39 is 44.3 Å². The molecule has 0 heterocycles. The second kappa shape index (κ2) is 9.08. The van der Waals surface area contributed by atoms with Crippen LogP contribution < -0.4 is 9.62 Å². The molecule has 5 nitrogen and oxygen atoms in total. The third-order valence-electron chi connectivity index (χ3n) is 4.55. The average molecular weight is 477 g/mol. The van der Waals surface area contributed by atoms with Crippen LogP contribution in [0.25, 0.3) is 0 Å². The van der Waals surface area contributed by atoms with Crippen molar-refractivity contribution in [3.8, 4) is 0 Å². The van der Waals surface area contributed by atoms with Crippen molar-refractivity contribution in [1.82, 2.24) is 5.32 Å². The van der Waals surface area contributed by atoms with Gasteiger partial charge in [0.15, 0.2) is 0 Å². The number of carbonyl (C=O) groups excluding carboxylic acids is 1. The topological polar surface area (TPSA) is 66.5 Å². The van der Waals surface area contributed by atoms with Gasteiger partial charge in [0.25, 0.3) is 0 Å². The van der Waals surface area contributed by atoms with Gasteiger partial charge in [0.2, 0.25) is 15.9 Å². The highest BCUT2D eigenvalue weighted by Crippen LogP contribution is 2.37. The molecule has 2 aromatic carbocycles. The minimum Gasteiger partial charge on any atom is -0.349 e. The Morgan fingerprint density at radius 3 is 2.23 bits per heavy atom. The van der Waals surface area contributed by atoms with E-state index in [2.05, 4.69) is 5.32 Å². The Balaban J connectivity index is 2.34. The Kier molecular flexibility index (Phi) is 7.32. The maximum Gasteiger partial charge on any atom is 0.417 e. The first-order chi connectivity index (χ1) is 14.1. The van der Waals surface area contributed by atoms with Gasteiger partial charge in [-0.1, -0.05) is 41.9 Å². The predicted molar refractivity (Wildman–Crippen MR) is 116 cm³/mol. The zero-order valence-corrected chi connectivity index (χ0v) is 19.1. The highest BCUT2D eigenvalue weighted by molar-refractivity contribution is 7.92. The molecule has 0 aromatic heterocycles. The van der Waals surface area contributed by atoms with E-state index in [9.17, 15) is 26.4 Å². The number of alkyl halides is 3. The van der Waals surface area contributed by atoms with Gasteiger partial charge in [-0.05, 0) is 51.0 Å². The first-order valence-electron chi connectivity index (χ1n) is 9.34. The van der Waals surface area contributed by atoms with E-state index in [1.165, 1.54) is 6.92 Å². The molecule has 0 unspecified atom stereocenters. The minimum absolute atomic E-state index is 0.303. The third-order valence-corrected chi connectivity index (χ3v) is 6.12. The van der Waals surface area contributed by atoms with Crippen molar-refractivity contribution in [3.63, 3.8) is 0 Å². The Labute approximate surface area is 185 Å². The SMILES string of the molecule is C[C@@H](C(=O)NC(C)(C)Cc1ccccc1)N(c1ccc(Cl)c(C(F)(F)F)c1)S(C)(=O)=O. The lowest BCUT2D eigenvalue weighted by Crippen LogP contribution is -2.54. The second-order valence-corrected chi connectivity index (χ2v) is 10.2. The first kappa shape index (κ1) is 25.0. The van der Waals surface area contributed by atoms with Gasteiger partial charge in [0.1, 0.15) is 6.04 Å². The molecule has 2 rings (SSSR count). The molecule has 1 atom stereocenters. The zero-order chi connectivity index (χ0) is 23.6. The highest BCUT2D eigenvalue weighted by atomic mass is 35.5.